The average Bonchev–Trinajstić information content (AvgIpc) is 3.06. The fourth-order valence-corrected chi connectivity index (χ4v) is 8.57. The predicted octanol–water partition coefficient (Wildman–Crippen LogP) is 8.62. The van der Waals surface area contributed by atoms with E-state index in [1.807, 2.05) is 61.5 Å². The van der Waals surface area contributed by atoms with E-state index in [4.69, 9.17) is 32.8 Å². The molecule has 2 heterocycles. The molecule has 0 amide bonds. The van der Waals surface area contributed by atoms with Gasteiger partial charge in [-0.15, -0.1) is 0 Å². The molecule has 3 aromatic carbocycles. The molecule has 7 nitrogen and oxygen atoms in total. The number of hydrogen-bond donors (Lipinski definition) is 0. The van der Waals surface area contributed by atoms with Crippen LogP contribution in [0.4, 0.5) is 0 Å². The Kier molecular flexibility index (Phi) is 13.0. The summed E-state index contributed by atoms with van der Waals surface area (Å²) in [5.41, 5.74) is 1.91. The lowest BCUT2D eigenvalue weighted by molar-refractivity contribution is -0.309. The van der Waals surface area contributed by atoms with Crippen LogP contribution in [0.3, 0.4) is 0 Å². The summed E-state index contributed by atoms with van der Waals surface area (Å²) < 4.78 is 46.7. The van der Waals surface area contributed by atoms with Gasteiger partial charge in [0.2, 0.25) is 0 Å². The van der Waals surface area contributed by atoms with Gasteiger partial charge in [0.15, 0.2) is 14.6 Å². The van der Waals surface area contributed by atoms with Crippen molar-refractivity contribution in [2.24, 2.45) is 0 Å². The standard InChI is InChI=1S/C39H54O7SSi/c1-27-34(46-48(7,8)39(3,4)5)32(41-25-29-18-12-9-13-19-29)24-33(43-27)45-35-28(2)44-38(47-31-22-16-11-17-23-31)37(40-6)36(35)42-26-30-20-14-10-15-21-30/h9-23,27-28,32-38H,24-26H2,1-8H3/t27-,28-,32+,33+,34-,35-,36-,37-,38-/m1/s1. The second-order valence-corrected chi connectivity index (χ2v) is 20.3. The van der Waals surface area contributed by atoms with Crippen LogP contribution >= 0.6 is 11.8 Å². The van der Waals surface area contributed by atoms with Gasteiger partial charge in [0, 0.05) is 18.4 Å². The maximum atomic E-state index is 6.99. The maximum Gasteiger partial charge on any atom is 0.192 e. The van der Waals surface area contributed by atoms with Gasteiger partial charge >= 0.3 is 0 Å². The Hall–Kier alpha value is -2.05. The fraction of sp³-hybridized carbons (Fsp3) is 0.538. The molecule has 0 aromatic heterocycles. The van der Waals surface area contributed by atoms with Gasteiger partial charge in [-0.2, -0.15) is 0 Å². The molecule has 5 rings (SSSR count). The molecule has 0 saturated carbocycles. The van der Waals surface area contributed by atoms with Gasteiger partial charge in [-0.05, 0) is 55.2 Å². The second-order valence-electron chi connectivity index (χ2n) is 14.4. The van der Waals surface area contributed by atoms with Crippen molar-refractivity contribution in [2.75, 3.05) is 7.11 Å². The van der Waals surface area contributed by atoms with Gasteiger partial charge in [0.1, 0.15) is 23.7 Å². The fourth-order valence-electron chi connectivity index (χ4n) is 5.98. The van der Waals surface area contributed by atoms with Gasteiger partial charge < -0.3 is 32.8 Å². The van der Waals surface area contributed by atoms with E-state index < -0.39 is 26.8 Å². The van der Waals surface area contributed by atoms with Crippen LogP contribution in [0, 0.1) is 0 Å². The van der Waals surface area contributed by atoms with E-state index in [-0.39, 0.29) is 41.0 Å². The minimum Gasteiger partial charge on any atom is -0.409 e. The predicted molar refractivity (Wildman–Crippen MR) is 193 cm³/mol. The van der Waals surface area contributed by atoms with Gasteiger partial charge in [0.05, 0.1) is 37.6 Å². The summed E-state index contributed by atoms with van der Waals surface area (Å²) in [6.45, 7) is 16.4. The lowest BCUT2D eigenvalue weighted by atomic mass is 9.98. The van der Waals surface area contributed by atoms with Crippen molar-refractivity contribution in [1.29, 1.82) is 0 Å². The highest BCUT2D eigenvalue weighted by molar-refractivity contribution is 7.99. The third-order valence-corrected chi connectivity index (χ3v) is 15.4. The zero-order valence-corrected chi connectivity index (χ0v) is 31.6. The summed E-state index contributed by atoms with van der Waals surface area (Å²) in [6.07, 6.45) is -2.26. The van der Waals surface area contributed by atoms with Gasteiger partial charge in [-0.25, -0.2) is 0 Å². The van der Waals surface area contributed by atoms with Crippen molar-refractivity contribution < 1.29 is 32.8 Å². The monoisotopic (exact) mass is 694 g/mol. The summed E-state index contributed by atoms with van der Waals surface area (Å²) >= 11 is 1.64. The van der Waals surface area contributed by atoms with E-state index in [1.54, 1.807) is 18.9 Å². The van der Waals surface area contributed by atoms with Crippen molar-refractivity contribution in [3.05, 3.63) is 102 Å². The zero-order valence-electron chi connectivity index (χ0n) is 29.7. The molecule has 0 bridgehead atoms. The minimum atomic E-state index is -2.13. The maximum absolute atomic E-state index is 6.99. The first-order valence-electron chi connectivity index (χ1n) is 17.1. The first kappa shape index (κ1) is 37.2. The molecule has 0 aliphatic carbocycles. The molecule has 9 heteroatoms. The van der Waals surface area contributed by atoms with Crippen LogP contribution in [0.5, 0.6) is 0 Å². The molecular weight excluding hydrogens is 641 g/mol. The molecule has 0 radical (unpaired) electrons. The Morgan fingerprint density at radius 3 is 1.81 bits per heavy atom. The highest BCUT2D eigenvalue weighted by Gasteiger charge is 2.50. The number of thioether (sulfide) groups is 1. The summed E-state index contributed by atoms with van der Waals surface area (Å²) in [7, 11) is -0.411. The lowest BCUT2D eigenvalue weighted by Crippen LogP contribution is -2.61. The van der Waals surface area contributed by atoms with Crippen LogP contribution in [0.1, 0.15) is 52.2 Å². The molecule has 9 atom stereocenters. The lowest BCUT2D eigenvalue weighted by Gasteiger charge is -2.49. The average molecular weight is 695 g/mol. The van der Waals surface area contributed by atoms with E-state index in [1.165, 1.54) is 0 Å². The van der Waals surface area contributed by atoms with E-state index in [2.05, 4.69) is 77.2 Å². The third-order valence-electron chi connectivity index (χ3n) is 9.75. The summed E-state index contributed by atoms with van der Waals surface area (Å²) in [5, 5.41) is 0.0473. The van der Waals surface area contributed by atoms with Crippen LogP contribution in [-0.2, 0) is 46.1 Å². The quantitative estimate of drug-likeness (QED) is 0.165. The first-order valence-corrected chi connectivity index (χ1v) is 20.9. The summed E-state index contributed by atoms with van der Waals surface area (Å²) in [5.74, 6) is 0. The second kappa shape index (κ2) is 16.8. The van der Waals surface area contributed by atoms with Gasteiger partial charge in [-0.1, -0.05) is 111 Å². The van der Waals surface area contributed by atoms with Crippen molar-refractivity contribution in [3.8, 4) is 0 Å². The van der Waals surface area contributed by atoms with Crippen molar-refractivity contribution in [2.45, 2.75) is 132 Å². The van der Waals surface area contributed by atoms with Gasteiger partial charge in [-0.3, -0.25) is 0 Å². The SMILES string of the molecule is CO[C@@H]1[C@H](OCc2ccccc2)[C@H](O[C@H]2C[C@H](OCc3ccccc3)[C@H](O[Si](C)(C)C(C)(C)C)[C@@H](C)O2)[C@@H](C)O[C@@H]1Sc1ccccc1. The number of rotatable bonds is 13. The summed E-state index contributed by atoms with van der Waals surface area (Å²) in [6, 6.07) is 30.7. The topological polar surface area (TPSA) is 64.6 Å². The highest BCUT2D eigenvalue weighted by atomic mass is 32.2. The Morgan fingerprint density at radius 1 is 0.708 bits per heavy atom. The number of benzene rings is 3. The molecular formula is C39H54O7SSi. The Balaban J connectivity index is 1.37. The largest absolute Gasteiger partial charge is 0.409 e. The molecule has 0 unspecified atom stereocenters. The van der Waals surface area contributed by atoms with Crippen LogP contribution in [0.2, 0.25) is 18.1 Å². The smallest absolute Gasteiger partial charge is 0.192 e. The summed E-state index contributed by atoms with van der Waals surface area (Å²) in [4.78, 5) is 1.11. The molecule has 3 aromatic rings. The number of ether oxygens (including phenoxy) is 6. The molecule has 2 saturated heterocycles. The third kappa shape index (κ3) is 9.59. The molecule has 0 spiro atoms. The Bertz CT molecular complexity index is 1370. The number of methoxy groups -OCH3 is 1. The molecule has 2 fully saturated rings. The Labute approximate surface area is 293 Å². The van der Waals surface area contributed by atoms with Crippen LogP contribution in [-0.4, -0.2) is 69.9 Å². The highest BCUT2D eigenvalue weighted by Crippen LogP contribution is 2.41. The van der Waals surface area contributed by atoms with E-state index in [0.717, 1.165) is 16.0 Å². The van der Waals surface area contributed by atoms with Crippen LogP contribution in [0.15, 0.2) is 95.9 Å². The number of hydrogen-bond acceptors (Lipinski definition) is 8. The molecule has 2 aliphatic rings. The minimum absolute atomic E-state index is 0.0473. The normalized spacial score (nSPS) is 29.9. The Morgan fingerprint density at radius 2 is 1.25 bits per heavy atom. The first-order chi connectivity index (χ1) is 22.9. The molecule has 262 valence electrons. The zero-order chi connectivity index (χ0) is 34.3. The van der Waals surface area contributed by atoms with Crippen molar-refractivity contribution in [1.82, 2.24) is 0 Å². The van der Waals surface area contributed by atoms with E-state index >= 15 is 0 Å². The molecule has 0 N–H and O–H groups in total. The van der Waals surface area contributed by atoms with Crippen molar-refractivity contribution in [3.63, 3.8) is 0 Å². The van der Waals surface area contributed by atoms with E-state index in [9.17, 15) is 0 Å². The van der Waals surface area contributed by atoms with Gasteiger partial charge in [0.25, 0.3) is 0 Å². The molecule has 48 heavy (non-hydrogen) atoms. The molecule has 2 aliphatic heterocycles. The van der Waals surface area contributed by atoms with E-state index in [0.29, 0.717) is 19.6 Å². The van der Waals surface area contributed by atoms with Crippen LogP contribution in [0.25, 0.3) is 0 Å². The van der Waals surface area contributed by atoms with Crippen molar-refractivity contribution >= 4 is 20.1 Å². The van der Waals surface area contributed by atoms with Crippen LogP contribution < -0.4 is 0 Å².